The Kier molecular flexibility index (Phi) is 3.29. The molecule has 0 aliphatic carbocycles. The van der Waals surface area contributed by atoms with Gasteiger partial charge in [-0.25, -0.2) is 4.39 Å². The smallest absolute Gasteiger partial charge is 0.176 e. The third kappa shape index (κ3) is 2.25. The summed E-state index contributed by atoms with van der Waals surface area (Å²) in [5, 5.41) is 1.18. The normalized spacial score (nSPS) is 12.7. The molecule has 1 unspecified atom stereocenters. The van der Waals surface area contributed by atoms with Crippen molar-refractivity contribution < 1.29 is 9.18 Å². The summed E-state index contributed by atoms with van der Waals surface area (Å²) in [6.45, 7) is 3.59. The first-order valence-corrected chi connectivity index (χ1v) is 6.29. The zero-order valence-corrected chi connectivity index (χ0v) is 11.2. The minimum Gasteiger partial charge on any atom is -0.293 e. The molecule has 0 radical (unpaired) electrons. The summed E-state index contributed by atoms with van der Waals surface area (Å²) in [6, 6.07) is 8.47. The van der Waals surface area contributed by atoms with E-state index in [1.807, 2.05) is 13.0 Å². The van der Waals surface area contributed by atoms with Crippen LogP contribution in [0.15, 0.2) is 30.3 Å². The molecule has 0 bridgehead atoms. The Morgan fingerprint density at radius 1 is 1.29 bits per heavy atom. The number of fused-ring (bicyclic) bond motifs is 1. The number of aryl methyl sites for hydroxylation is 1. The van der Waals surface area contributed by atoms with Crippen LogP contribution in [0.5, 0.6) is 0 Å². The lowest BCUT2D eigenvalue weighted by atomic mass is 9.98. The van der Waals surface area contributed by atoms with Crippen molar-refractivity contribution in [2.75, 3.05) is 0 Å². The predicted octanol–water partition coefficient (Wildman–Crippen LogP) is 4.25. The van der Waals surface area contributed by atoms with E-state index in [-0.39, 0.29) is 16.4 Å². The average molecular weight is 295 g/mol. The number of hydrogen-bond acceptors (Lipinski definition) is 1. The molecule has 0 aliphatic rings. The van der Waals surface area contributed by atoms with Gasteiger partial charge in [-0.2, -0.15) is 0 Å². The molecule has 2 rings (SSSR count). The van der Waals surface area contributed by atoms with E-state index < -0.39 is 0 Å². The van der Waals surface area contributed by atoms with Crippen LogP contribution in [0.1, 0.15) is 22.8 Å². The van der Waals surface area contributed by atoms with E-state index in [0.717, 1.165) is 5.56 Å². The van der Waals surface area contributed by atoms with E-state index in [2.05, 4.69) is 15.9 Å². The third-order valence-corrected chi connectivity index (χ3v) is 3.13. The molecule has 0 amide bonds. The average Bonchev–Trinajstić information content (AvgIpc) is 2.27. The van der Waals surface area contributed by atoms with E-state index in [1.165, 1.54) is 6.07 Å². The van der Waals surface area contributed by atoms with Crippen LogP contribution in [0, 0.1) is 12.7 Å². The summed E-state index contributed by atoms with van der Waals surface area (Å²) in [5.41, 5.74) is 1.38. The number of rotatable bonds is 2. The molecule has 0 heterocycles. The maximum Gasteiger partial charge on any atom is 0.176 e. The molecule has 3 heteroatoms. The van der Waals surface area contributed by atoms with Crippen molar-refractivity contribution in [2.45, 2.75) is 18.7 Å². The molecule has 0 aliphatic heterocycles. The van der Waals surface area contributed by atoms with Gasteiger partial charge < -0.3 is 0 Å². The van der Waals surface area contributed by atoms with Gasteiger partial charge in [-0.05, 0) is 30.9 Å². The second kappa shape index (κ2) is 4.57. The lowest BCUT2D eigenvalue weighted by Crippen LogP contribution is -2.10. The molecule has 2 aromatic rings. The molecular formula is C14H12BrFO. The number of hydrogen-bond donors (Lipinski definition) is 0. The van der Waals surface area contributed by atoms with Gasteiger partial charge in [-0.1, -0.05) is 40.2 Å². The highest BCUT2D eigenvalue weighted by Crippen LogP contribution is 2.25. The van der Waals surface area contributed by atoms with Crippen LogP contribution in [0.3, 0.4) is 0 Å². The SMILES string of the molecule is Cc1cc(F)c2cccc(C(=O)C(C)Br)c2c1. The fraction of sp³-hybridized carbons (Fsp3) is 0.214. The molecule has 0 saturated heterocycles. The van der Waals surface area contributed by atoms with Gasteiger partial charge in [0.05, 0.1) is 4.83 Å². The molecule has 0 aromatic heterocycles. The molecule has 0 fully saturated rings. The Labute approximate surface area is 108 Å². The number of alkyl halides is 1. The topological polar surface area (TPSA) is 17.1 Å². The Morgan fingerprint density at radius 2 is 2.00 bits per heavy atom. The lowest BCUT2D eigenvalue weighted by molar-refractivity contribution is 0.0997. The molecule has 88 valence electrons. The van der Waals surface area contributed by atoms with Crippen molar-refractivity contribution in [1.82, 2.24) is 0 Å². The van der Waals surface area contributed by atoms with Crippen molar-refractivity contribution in [3.8, 4) is 0 Å². The van der Waals surface area contributed by atoms with E-state index in [4.69, 9.17) is 0 Å². The van der Waals surface area contributed by atoms with Gasteiger partial charge in [0.25, 0.3) is 0 Å². The predicted molar refractivity (Wildman–Crippen MR) is 71.4 cm³/mol. The zero-order chi connectivity index (χ0) is 12.6. The van der Waals surface area contributed by atoms with Crippen LogP contribution >= 0.6 is 15.9 Å². The minimum atomic E-state index is -0.281. The van der Waals surface area contributed by atoms with Gasteiger partial charge >= 0.3 is 0 Å². The molecule has 2 aromatic carbocycles. The van der Waals surface area contributed by atoms with Gasteiger partial charge in [0.2, 0.25) is 0 Å². The quantitative estimate of drug-likeness (QED) is 0.598. The number of Topliss-reactive ketones (excluding diaryl/α,β-unsaturated/α-hetero) is 1. The molecule has 0 saturated carbocycles. The largest absolute Gasteiger partial charge is 0.293 e. The highest BCUT2D eigenvalue weighted by Gasteiger charge is 2.16. The molecule has 1 nitrogen and oxygen atoms in total. The highest BCUT2D eigenvalue weighted by molar-refractivity contribution is 9.10. The molecule has 1 atom stereocenters. The maximum absolute atomic E-state index is 13.8. The number of ketones is 1. The Balaban J connectivity index is 2.77. The molecule has 0 spiro atoms. The van der Waals surface area contributed by atoms with E-state index in [0.29, 0.717) is 16.3 Å². The first kappa shape index (κ1) is 12.2. The fourth-order valence-electron chi connectivity index (χ4n) is 1.91. The van der Waals surface area contributed by atoms with Crippen LogP contribution in [0.25, 0.3) is 10.8 Å². The van der Waals surface area contributed by atoms with Crippen LogP contribution in [-0.4, -0.2) is 10.6 Å². The Bertz CT molecular complexity index is 590. The van der Waals surface area contributed by atoms with Gasteiger partial charge in [0, 0.05) is 10.9 Å². The molecule has 0 N–H and O–H groups in total. The second-order valence-corrected chi connectivity index (χ2v) is 5.50. The molecular weight excluding hydrogens is 283 g/mol. The van der Waals surface area contributed by atoms with Crippen LogP contribution in [0.4, 0.5) is 4.39 Å². The molecule has 17 heavy (non-hydrogen) atoms. The maximum atomic E-state index is 13.8. The van der Waals surface area contributed by atoms with Crippen molar-refractivity contribution >= 4 is 32.5 Å². The van der Waals surface area contributed by atoms with Crippen LogP contribution in [-0.2, 0) is 0 Å². The van der Waals surface area contributed by atoms with Crippen molar-refractivity contribution in [3.05, 3.63) is 47.3 Å². The van der Waals surface area contributed by atoms with E-state index in [9.17, 15) is 9.18 Å². The summed E-state index contributed by atoms with van der Waals surface area (Å²) in [6.07, 6.45) is 0. The minimum absolute atomic E-state index is 0.0272. The number of benzene rings is 2. The summed E-state index contributed by atoms with van der Waals surface area (Å²) in [5.74, 6) is -0.308. The van der Waals surface area contributed by atoms with Crippen molar-refractivity contribution in [3.63, 3.8) is 0 Å². The second-order valence-electron chi connectivity index (χ2n) is 4.13. The van der Waals surface area contributed by atoms with Crippen molar-refractivity contribution in [1.29, 1.82) is 0 Å². The summed E-state index contributed by atoms with van der Waals surface area (Å²) in [7, 11) is 0. The first-order valence-electron chi connectivity index (χ1n) is 5.38. The van der Waals surface area contributed by atoms with E-state index >= 15 is 0 Å². The lowest BCUT2D eigenvalue weighted by Gasteiger charge is -2.09. The highest BCUT2D eigenvalue weighted by atomic mass is 79.9. The van der Waals surface area contributed by atoms with Gasteiger partial charge in [-0.15, -0.1) is 0 Å². The Morgan fingerprint density at radius 3 is 2.65 bits per heavy atom. The monoisotopic (exact) mass is 294 g/mol. The first-order chi connectivity index (χ1) is 8.00. The number of carbonyl (C=O) groups is 1. The van der Waals surface area contributed by atoms with Crippen molar-refractivity contribution in [2.24, 2.45) is 0 Å². The fourth-order valence-corrected chi connectivity index (χ4v) is 2.15. The Hall–Kier alpha value is -1.22. The number of carbonyl (C=O) groups excluding carboxylic acids is 1. The van der Waals surface area contributed by atoms with E-state index in [1.54, 1.807) is 25.1 Å². The zero-order valence-electron chi connectivity index (χ0n) is 9.63. The van der Waals surface area contributed by atoms with Gasteiger partial charge in [0.1, 0.15) is 5.82 Å². The van der Waals surface area contributed by atoms with Crippen LogP contribution in [0.2, 0.25) is 0 Å². The summed E-state index contributed by atoms with van der Waals surface area (Å²) < 4.78 is 13.8. The van der Waals surface area contributed by atoms with Gasteiger partial charge in [-0.3, -0.25) is 4.79 Å². The van der Waals surface area contributed by atoms with Gasteiger partial charge in [0.15, 0.2) is 5.78 Å². The summed E-state index contributed by atoms with van der Waals surface area (Å²) in [4.78, 5) is 11.7. The summed E-state index contributed by atoms with van der Waals surface area (Å²) >= 11 is 3.26. The van der Waals surface area contributed by atoms with Crippen LogP contribution < -0.4 is 0 Å². The third-order valence-electron chi connectivity index (χ3n) is 2.72. The standard InChI is InChI=1S/C14H12BrFO/c1-8-6-12-10(13(16)7-8)4-3-5-11(12)14(17)9(2)15/h3-7,9H,1-2H3. The number of halogens is 2.